The number of unbranched alkanes of at least 4 members (excludes halogenated alkanes) is 2. The number of rotatable bonds is 6. The number of carbonyl (C=O) groups excluding carboxylic acids is 1. The summed E-state index contributed by atoms with van der Waals surface area (Å²) in [6.45, 7) is 6.16. The number of piperidine rings is 1. The SMILES string of the molecule is CCCCCOc1ccc(C(=O)N2CCOC23CCN(C)CC3)cc1. The van der Waals surface area contributed by atoms with Crippen LogP contribution in [0.3, 0.4) is 0 Å². The molecular weight excluding hydrogens is 316 g/mol. The van der Waals surface area contributed by atoms with E-state index in [1.54, 1.807) is 0 Å². The molecule has 1 spiro atoms. The fourth-order valence-corrected chi connectivity index (χ4v) is 3.67. The molecule has 1 aromatic carbocycles. The Labute approximate surface area is 150 Å². The predicted octanol–water partition coefficient (Wildman–Crippen LogP) is 3.15. The van der Waals surface area contributed by atoms with E-state index in [9.17, 15) is 4.79 Å². The van der Waals surface area contributed by atoms with Crippen LogP contribution in [0.2, 0.25) is 0 Å². The third-order valence-corrected chi connectivity index (χ3v) is 5.31. The van der Waals surface area contributed by atoms with Crippen LogP contribution in [0, 0.1) is 0 Å². The first-order chi connectivity index (χ1) is 12.1. The molecule has 5 heteroatoms. The maximum absolute atomic E-state index is 13.0. The van der Waals surface area contributed by atoms with Gasteiger partial charge in [0.25, 0.3) is 5.91 Å². The van der Waals surface area contributed by atoms with Gasteiger partial charge in [-0.25, -0.2) is 0 Å². The van der Waals surface area contributed by atoms with Crippen LogP contribution in [0.1, 0.15) is 49.4 Å². The van der Waals surface area contributed by atoms with Crippen molar-refractivity contribution >= 4 is 5.91 Å². The highest BCUT2D eigenvalue weighted by atomic mass is 16.5. The molecular formula is C20H30N2O3. The molecule has 25 heavy (non-hydrogen) atoms. The first-order valence-corrected chi connectivity index (χ1v) is 9.52. The third kappa shape index (κ3) is 4.15. The molecule has 0 aromatic heterocycles. The van der Waals surface area contributed by atoms with Gasteiger partial charge in [-0.15, -0.1) is 0 Å². The Hall–Kier alpha value is -1.59. The first kappa shape index (κ1) is 18.2. The minimum absolute atomic E-state index is 0.0691. The molecule has 138 valence electrons. The summed E-state index contributed by atoms with van der Waals surface area (Å²) in [6, 6.07) is 7.55. The van der Waals surface area contributed by atoms with Gasteiger partial charge >= 0.3 is 0 Å². The van der Waals surface area contributed by atoms with E-state index in [0.29, 0.717) is 18.7 Å². The van der Waals surface area contributed by atoms with Gasteiger partial charge in [0.1, 0.15) is 11.5 Å². The summed E-state index contributed by atoms with van der Waals surface area (Å²) >= 11 is 0. The molecule has 3 rings (SSSR count). The lowest BCUT2D eigenvalue weighted by atomic mass is 9.98. The maximum Gasteiger partial charge on any atom is 0.256 e. The topological polar surface area (TPSA) is 42.0 Å². The number of carbonyl (C=O) groups is 1. The maximum atomic E-state index is 13.0. The fraction of sp³-hybridized carbons (Fsp3) is 0.650. The zero-order valence-corrected chi connectivity index (χ0v) is 15.5. The van der Waals surface area contributed by atoms with Gasteiger partial charge in [0.15, 0.2) is 0 Å². The zero-order valence-electron chi connectivity index (χ0n) is 15.5. The molecule has 1 aromatic rings. The Bertz CT molecular complexity index is 565. The van der Waals surface area contributed by atoms with E-state index in [4.69, 9.17) is 9.47 Å². The average molecular weight is 346 g/mol. The molecule has 2 fully saturated rings. The molecule has 0 radical (unpaired) electrons. The number of benzene rings is 1. The number of likely N-dealkylation sites (tertiary alicyclic amines) is 1. The molecule has 0 aliphatic carbocycles. The predicted molar refractivity (Wildman–Crippen MR) is 97.9 cm³/mol. The highest BCUT2D eigenvalue weighted by Crippen LogP contribution is 2.35. The minimum Gasteiger partial charge on any atom is -0.494 e. The highest BCUT2D eigenvalue weighted by molar-refractivity contribution is 5.95. The van der Waals surface area contributed by atoms with Crippen LogP contribution in [0.5, 0.6) is 5.75 Å². The Kier molecular flexibility index (Phi) is 5.97. The Morgan fingerprint density at radius 1 is 1.16 bits per heavy atom. The Balaban J connectivity index is 1.62. The molecule has 2 aliphatic rings. The largest absolute Gasteiger partial charge is 0.494 e. The van der Waals surface area contributed by atoms with Crippen LogP contribution in [0.4, 0.5) is 0 Å². The highest BCUT2D eigenvalue weighted by Gasteiger charge is 2.46. The number of hydrogen-bond donors (Lipinski definition) is 0. The van der Waals surface area contributed by atoms with Gasteiger partial charge in [-0.3, -0.25) is 4.79 Å². The summed E-state index contributed by atoms with van der Waals surface area (Å²) in [5.74, 6) is 0.902. The second-order valence-electron chi connectivity index (χ2n) is 7.13. The van der Waals surface area contributed by atoms with E-state index in [1.807, 2.05) is 29.2 Å². The third-order valence-electron chi connectivity index (χ3n) is 5.31. The van der Waals surface area contributed by atoms with Crippen LogP contribution in [-0.4, -0.2) is 61.3 Å². The molecule has 2 heterocycles. The molecule has 2 saturated heterocycles. The normalized spacial score (nSPS) is 20.2. The smallest absolute Gasteiger partial charge is 0.256 e. The standard InChI is InChI=1S/C20H30N2O3/c1-3-4-5-15-24-18-8-6-17(7-9-18)19(23)22-14-16-25-20(22)10-12-21(2)13-11-20/h6-9H,3-5,10-16H2,1-2H3. The molecule has 5 nitrogen and oxygen atoms in total. The molecule has 0 bridgehead atoms. The van der Waals surface area contributed by atoms with E-state index >= 15 is 0 Å². The van der Waals surface area contributed by atoms with E-state index in [2.05, 4.69) is 18.9 Å². The van der Waals surface area contributed by atoms with Gasteiger partial charge in [-0.1, -0.05) is 19.8 Å². The summed E-state index contributed by atoms with van der Waals surface area (Å²) in [4.78, 5) is 17.2. The van der Waals surface area contributed by atoms with Gasteiger partial charge in [0.2, 0.25) is 0 Å². The van der Waals surface area contributed by atoms with Crippen LogP contribution >= 0.6 is 0 Å². The van der Waals surface area contributed by atoms with E-state index in [0.717, 1.165) is 44.7 Å². The van der Waals surface area contributed by atoms with Crippen LogP contribution < -0.4 is 4.74 Å². The fourth-order valence-electron chi connectivity index (χ4n) is 3.67. The minimum atomic E-state index is -0.404. The van der Waals surface area contributed by atoms with Crippen molar-refractivity contribution in [2.75, 3.05) is 39.9 Å². The summed E-state index contributed by atoms with van der Waals surface area (Å²) in [5, 5.41) is 0. The summed E-state index contributed by atoms with van der Waals surface area (Å²) < 4.78 is 11.8. The van der Waals surface area contributed by atoms with Gasteiger partial charge in [-0.05, 0) is 37.7 Å². The lowest BCUT2D eigenvalue weighted by molar-refractivity contribution is -0.102. The van der Waals surface area contributed by atoms with Crippen LogP contribution in [0.15, 0.2) is 24.3 Å². The molecule has 0 saturated carbocycles. The monoisotopic (exact) mass is 346 g/mol. The molecule has 0 atom stereocenters. The second kappa shape index (κ2) is 8.19. The quantitative estimate of drug-likeness (QED) is 0.742. The van der Waals surface area contributed by atoms with Crippen LogP contribution in [-0.2, 0) is 4.74 Å². The van der Waals surface area contributed by atoms with Crippen LogP contribution in [0.25, 0.3) is 0 Å². The number of ether oxygens (including phenoxy) is 2. The van der Waals surface area contributed by atoms with Crippen molar-refractivity contribution in [1.29, 1.82) is 0 Å². The second-order valence-corrected chi connectivity index (χ2v) is 7.13. The zero-order chi connectivity index (χ0) is 17.7. The number of hydrogen-bond acceptors (Lipinski definition) is 4. The van der Waals surface area contributed by atoms with Gasteiger partial charge in [-0.2, -0.15) is 0 Å². The van der Waals surface area contributed by atoms with Crippen molar-refractivity contribution in [3.8, 4) is 5.75 Å². The molecule has 0 N–H and O–H groups in total. The van der Waals surface area contributed by atoms with Crippen molar-refractivity contribution < 1.29 is 14.3 Å². The van der Waals surface area contributed by atoms with Gasteiger partial charge < -0.3 is 19.3 Å². The van der Waals surface area contributed by atoms with Crippen molar-refractivity contribution in [2.24, 2.45) is 0 Å². The average Bonchev–Trinajstić information content (AvgIpc) is 3.05. The number of amides is 1. The first-order valence-electron chi connectivity index (χ1n) is 9.52. The Morgan fingerprint density at radius 2 is 1.88 bits per heavy atom. The van der Waals surface area contributed by atoms with E-state index in [1.165, 1.54) is 12.8 Å². The van der Waals surface area contributed by atoms with Crippen molar-refractivity contribution in [2.45, 2.75) is 44.8 Å². The lowest BCUT2D eigenvalue weighted by Gasteiger charge is -2.42. The molecule has 0 unspecified atom stereocenters. The lowest BCUT2D eigenvalue weighted by Crippen LogP contribution is -2.54. The number of nitrogens with zero attached hydrogens (tertiary/aromatic N) is 2. The van der Waals surface area contributed by atoms with E-state index < -0.39 is 5.72 Å². The van der Waals surface area contributed by atoms with Gasteiger partial charge in [0, 0.05) is 38.0 Å². The molecule has 1 amide bonds. The summed E-state index contributed by atoms with van der Waals surface area (Å²) in [6.07, 6.45) is 5.20. The van der Waals surface area contributed by atoms with Crippen molar-refractivity contribution in [1.82, 2.24) is 9.80 Å². The molecule has 2 aliphatic heterocycles. The summed E-state index contributed by atoms with van der Waals surface area (Å²) in [5.41, 5.74) is 0.309. The van der Waals surface area contributed by atoms with Crippen molar-refractivity contribution in [3.05, 3.63) is 29.8 Å². The van der Waals surface area contributed by atoms with Gasteiger partial charge in [0.05, 0.1) is 13.2 Å². The summed E-state index contributed by atoms with van der Waals surface area (Å²) in [7, 11) is 2.12. The Morgan fingerprint density at radius 3 is 2.56 bits per heavy atom. The van der Waals surface area contributed by atoms with E-state index in [-0.39, 0.29) is 5.91 Å². The van der Waals surface area contributed by atoms with Crippen molar-refractivity contribution in [3.63, 3.8) is 0 Å².